The molecule has 0 radical (unpaired) electrons. The van der Waals surface area contributed by atoms with Gasteiger partial charge in [0.05, 0.1) is 7.11 Å². The Kier molecular flexibility index (Phi) is 4.55. The normalized spacial score (nSPS) is 29.1. The van der Waals surface area contributed by atoms with Crippen LogP contribution in [0.5, 0.6) is 5.75 Å². The van der Waals surface area contributed by atoms with Crippen LogP contribution >= 0.6 is 0 Å². The van der Waals surface area contributed by atoms with Gasteiger partial charge in [0.25, 0.3) is 0 Å². The molecule has 0 saturated heterocycles. The molecule has 126 valence electrons. The molecule has 1 fully saturated rings. The zero-order valence-electron chi connectivity index (χ0n) is 15.4. The molecule has 2 heteroatoms. The summed E-state index contributed by atoms with van der Waals surface area (Å²) in [4.78, 5) is 2.60. The van der Waals surface area contributed by atoms with E-state index in [0.717, 1.165) is 18.2 Å². The van der Waals surface area contributed by atoms with E-state index >= 15 is 0 Å². The Morgan fingerprint density at radius 3 is 2.87 bits per heavy atom. The minimum atomic E-state index is 0.245. The van der Waals surface area contributed by atoms with Crippen molar-refractivity contribution >= 4 is 0 Å². The summed E-state index contributed by atoms with van der Waals surface area (Å²) in [5.74, 6) is 1.78. The molecule has 0 aliphatic heterocycles. The van der Waals surface area contributed by atoms with E-state index in [4.69, 9.17) is 4.74 Å². The number of hydrogen-bond donors (Lipinski definition) is 0. The van der Waals surface area contributed by atoms with Crippen LogP contribution in [0.1, 0.15) is 51.2 Å². The average Bonchev–Trinajstić information content (AvgIpc) is 2.52. The lowest BCUT2D eigenvalue weighted by Gasteiger charge is -2.54. The van der Waals surface area contributed by atoms with Crippen molar-refractivity contribution in [3.63, 3.8) is 0 Å². The second kappa shape index (κ2) is 6.32. The molecule has 3 atom stereocenters. The van der Waals surface area contributed by atoms with Crippen molar-refractivity contribution in [2.24, 2.45) is 5.92 Å². The topological polar surface area (TPSA) is 12.5 Å². The largest absolute Gasteiger partial charge is 0.497 e. The number of hydrogen-bond acceptors (Lipinski definition) is 2. The van der Waals surface area contributed by atoms with Gasteiger partial charge in [-0.15, -0.1) is 0 Å². The fourth-order valence-corrected chi connectivity index (χ4v) is 5.03. The molecule has 1 aromatic rings. The first kappa shape index (κ1) is 16.6. The van der Waals surface area contributed by atoms with Crippen molar-refractivity contribution in [3.8, 4) is 5.75 Å². The van der Waals surface area contributed by atoms with E-state index in [9.17, 15) is 0 Å². The monoisotopic (exact) mass is 313 g/mol. The van der Waals surface area contributed by atoms with Crippen molar-refractivity contribution in [1.29, 1.82) is 0 Å². The van der Waals surface area contributed by atoms with Gasteiger partial charge in [-0.3, -0.25) is 4.90 Å². The SMILES string of the molecule is COc1ccc2c(c1)[C@@]1(C)CCCC(C2)C1N(C)CC=C(C)C. The maximum Gasteiger partial charge on any atom is 0.119 e. The van der Waals surface area contributed by atoms with Crippen LogP contribution in [0.25, 0.3) is 0 Å². The highest BCUT2D eigenvalue weighted by Crippen LogP contribution is 2.51. The van der Waals surface area contributed by atoms with Crippen LogP contribution in [-0.4, -0.2) is 31.6 Å². The van der Waals surface area contributed by atoms with Gasteiger partial charge in [-0.1, -0.05) is 31.1 Å². The molecule has 2 aliphatic rings. The molecule has 3 rings (SSSR count). The third-order valence-electron chi connectivity index (χ3n) is 6.05. The fraction of sp³-hybridized carbons (Fsp3) is 0.619. The highest BCUT2D eigenvalue weighted by Gasteiger charge is 2.49. The molecule has 1 saturated carbocycles. The van der Waals surface area contributed by atoms with Crippen LogP contribution in [-0.2, 0) is 11.8 Å². The summed E-state index contributed by atoms with van der Waals surface area (Å²) in [5.41, 5.74) is 4.73. The smallest absolute Gasteiger partial charge is 0.119 e. The maximum absolute atomic E-state index is 5.51. The number of nitrogens with zero attached hydrogens (tertiary/aromatic N) is 1. The minimum Gasteiger partial charge on any atom is -0.497 e. The molecule has 0 N–H and O–H groups in total. The highest BCUT2D eigenvalue weighted by molar-refractivity contribution is 5.45. The quantitative estimate of drug-likeness (QED) is 0.755. The summed E-state index contributed by atoms with van der Waals surface area (Å²) >= 11 is 0. The van der Waals surface area contributed by atoms with E-state index in [0.29, 0.717) is 6.04 Å². The number of likely N-dealkylation sites (N-methyl/N-ethyl adjacent to an activating group) is 1. The lowest BCUT2D eigenvalue weighted by atomic mass is 9.57. The number of rotatable bonds is 4. The predicted molar refractivity (Wildman–Crippen MR) is 97.2 cm³/mol. The molecule has 0 spiro atoms. The Morgan fingerprint density at radius 1 is 1.39 bits per heavy atom. The summed E-state index contributed by atoms with van der Waals surface area (Å²) < 4.78 is 5.51. The van der Waals surface area contributed by atoms with Crippen LogP contribution in [0.2, 0.25) is 0 Å². The van der Waals surface area contributed by atoms with Gasteiger partial charge < -0.3 is 4.74 Å². The Hall–Kier alpha value is -1.28. The number of ether oxygens (including phenoxy) is 1. The standard InChI is InChI=1S/C21H31NO/c1-15(2)10-12-22(4)20-17-7-6-11-21(20,3)19-14-18(23-5)9-8-16(19)13-17/h8-10,14,17,20H,6-7,11-13H2,1-5H3/t17?,20?,21-/m1/s1. The molecular weight excluding hydrogens is 282 g/mol. The van der Waals surface area contributed by atoms with E-state index in [1.54, 1.807) is 12.7 Å². The van der Waals surface area contributed by atoms with Gasteiger partial charge in [0, 0.05) is 18.0 Å². The summed E-state index contributed by atoms with van der Waals surface area (Å²) in [6, 6.07) is 7.37. The van der Waals surface area contributed by atoms with Crippen molar-refractivity contribution < 1.29 is 4.74 Å². The van der Waals surface area contributed by atoms with E-state index in [2.05, 4.69) is 57.0 Å². The Labute approximate surface area is 141 Å². The van der Waals surface area contributed by atoms with Gasteiger partial charge in [0.2, 0.25) is 0 Å². The highest BCUT2D eigenvalue weighted by atomic mass is 16.5. The van der Waals surface area contributed by atoms with Crippen molar-refractivity contribution in [3.05, 3.63) is 41.0 Å². The Balaban J connectivity index is 1.99. The van der Waals surface area contributed by atoms with E-state index in [1.165, 1.54) is 36.8 Å². The van der Waals surface area contributed by atoms with Gasteiger partial charge >= 0.3 is 0 Å². The molecular formula is C21H31NO. The van der Waals surface area contributed by atoms with Gasteiger partial charge in [0.1, 0.15) is 5.75 Å². The zero-order chi connectivity index (χ0) is 16.6. The lowest BCUT2D eigenvalue weighted by Crippen LogP contribution is -2.57. The summed E-state index contributed by atoms with van der Waals surface area (Å²) in [7, 11) is 4.08. The summed E-state index contributed by atoms with van der Waals surface area (Å²) in [6.07, 6.45) is 7.59. The predicted octanol–water partition coefficient (Wildman–Crippen LogP) is 4.58. The molecule has 0 amide bonds. The summed E-state index contributed by atoms with van der Waals surface area (Å²) in [5, 5.41) is 0. The molecule has 2 unspecified atom stereocenters. The van der Waals surface area contributed by atoms with E-state index in [1.807, 2.05) is 0 Å². The first-order valence-corrected chi connectivity index (χ1v) is 8.96. The van der Waals surface area contributed by atoms with Crippen molar-refractivity contribution in [2.45, 2.75) is 57.9 Å². The number of fused-ring (bicyclic) bond motifs is 4. The summed E-state index contributed by atoms with van der Waals surface area (Å²) in [6.45, 7) is 7.92. The second-order valence-electron chi connectivity index (χ2n) is 7.96. The van der Waals surface area contributed by atoms with Crippen LogP contribution in [0.15, 0.2) is 29.8 Å². The fourth-order valence-electron chi connectivity index (χ4n) is 5.03. The maximum atomic E-state index is 5.51. The van der Waals surface area contributed by atoms with Crippen molar-refractivity contribution in [2.75, 3.05) is 20.7 Å². The molecule has 1 aromatic carbocycles. The number of methoxy groups -OCH3 is 1. The number of benzene rings is 1. The Morgan fingerprint density at radius 2 is 2.17 bits per heavy atom. The van der Waals surface area contributed by atoms with Gasteiger partial charge in [-0.05, 0) is 69.3 Å². The van der Waals surface area contributed by atoms with Gasteiger partial charge in [-0.25, -0.2) is 0 Å². The molecule has 2 nitrogen and oxygen atoms in total. The van der Waals surface area contributed by atoms with E-state index < -0.39 is 0 Å². The molecule has 0 aromatic heterocycles. The van der Waals surface area contributed by atoms with E-state index in [-0.39, 0.29) is 5.41 Å². The minimum absolute atomic E-state index is 0.245. The molecule has 23 heavy (non-hydrogen) atoms. The van der Waals surface area contributed by atoms with Gasteiger partial charge in [0.15, 0.2) is 0 Å². The second-order valence-corrected chi connectivity index (χ2v) is 7.96. The van der Waals surface area contributed by atoms with Crippen LogP contribution < -0.4 is 4.74 Å². The average molecular weight is 313 g/mol. The Bertz CT molecular complexity index is 602. The van der Waals surface area contributed by atoms with Crippen molar-refractivity contribution in [1.82, 2.24) is 4.90 Å². The van der Waals surface area contributed by atoms with Gasteiger partial charge in [-0.2, -0.15) is 0 Å². The first-order chi connectivity index (χ1) is 11.0. The third kappa shape index (κ3) is 2.94. The van der Waals surface area contributed by atoms with Crippen LogP contribution in [0.4, 0.5) is 0 Å². The molecule has 2 bridgehead atoms. The van der Waals surface area contributed by atoms with Crippen LogP contribution in [0.3, 0.4) is 0 Å². The zero-order valence-corrected chi connectivity index (χ0v) is 15.4. The van der Waals surface area contributed by atoms with Crippen LogP contribution in [0, 0.1) is 5.92 Å². The lowest BCUT2D eigenvalue weighted by molar-refractivity contribution is 0.0530. The molecule has 2 aliphatic carbocycles. The third-order valence-corrected chi connectivity index (χ3v) is 6.05. The molecule has 0 heterocycles. The number of allylic oxidation sites excluding steroid dienone is 1. The first-order valence-electron chi connectivity index (χ1n) is 8.96.